The number of fused-ring (bicyclic) bond motifs is 10. The molecule has 4 N–H and O–H groups in total. The maximum absolute atomic E-state index is 10.2. The van der Waals surface area contributed by atoms with E-state index >= 15 is 0 Å². The molecule has 0 spiro atoms. The van der Waals surface area contributed by atoms with Crippen molar-refractivity contribution in [1.29, 1.82) is 0 Å². The Kier molecular flexibility index (Phi) is 43.9. The van der Waals surface area contributed by atoms with Crippen molar-refractivity contribution in [2.45, 2.75) is 366 Å². The molecule has 0 saturated heterocycles. The van der Waals surface area contributed by atoms with Crippen molar-refractivity contribution in [3.8, 4) is 77.5 Å². The van der Waals surface area contributed by atoms with Gasteiger partial charge in [0.05, 0.1) is 23.7 Å². The predicted octanol–water partition coefficient (Wildman–Crippen LogP) is 35.6. The molecule has 0 amide bonds. The van der Waals surface area contributed by atoms with E-state index in [1.165, 1.54) is 321 Å². The first kappa shape index (κ1) is 104. The standard InChI is InChI=1S/C97H138O4.C13H8NS.C11H8N.2Ir/c1-9-13-17-21-33-41-63-97(64-42-34-22-18-14-10-2)93-71-79(77-49-55-85-83-53-47-73(5)65-89(83)95(91(85)69-77,59-39-19-15-11-3)61-43-35-29-25-23-27-31-37-45-81(100)67-75(7)98)51-57-87(93)88-58-52-80(72-94(88)97)78-50-56-86-84-54-48-74(6)66-90(84)96(92(86)70-78,60-40-20-16-12-4)62-44-36-30-26-24-28-32-38-46-82(101)68-76(8)99;1-2-7-12-10(5-1)9-13(15-12)11-6-3-4-8-14-11;1-2-6-10(7-3-1)11-8-4-5-9-12-11;;/h47-58,65-72,75-76,98-101H,9-46,59-64H2,1-8H3;1-8H;1-6,8-9H;;/q;2*-1;;. The Hall–Kier alpha value is -7.68. The second kappa shape index (κ2) is 54.6. The fraction of sp³-hybridized carbons (Fsp3) is 0.471. The van der Waals surface area contributed by atoms with Crippen molar-refractivity contribution in [3.05, 3.63) is 287 Å². The number of allylic oxidation sites excluding steroid dienone is 2. The van der Waals surface area contributed by atoms with Crippen LogP contribution in [0.5, 0.6) is 0 Å². The van der Waals surface area contributed by atoms with Gasteiger partial charge < -0.3 is 30.4 Å². The molecule has 3 heterocycles. The average Bonchev–Trinajstić information content (AvgIpc) is 1.59. The van der Waals surface area contributed by atoms with Gasteiger partial charge in [-0.2, -0.15) is 0 Å². The number of aliphatic hydroxyl groups excluding tert-OH is 4. The zero-order valence-electron chi connectivity index (χ0n) is 80.3. The molecule has 8 aromatic carbocycles. The summed E-state index contributed by atoms with van der Waals surface area (Å²) >= 11 is 1.73. The minimum atomic E-state index is -0.595. The van der Waals surface area contributed by atoms with Crippen molar-refractivity contribution in [2.24, 2.45) is 0 Å². The number of hydrogen-bond acceptors (Lipinski definition) is 7. The van der Waals surface area contributed by atoms with Crippen molar-refractivity contribution in [2.75, 3.05) is 0 Å². The normalized spacial score (nSPS) is 15.4. The van der Waals surface area contributed by atoms with Crippen molar-refractivity contribution >= 4 is 21.4 Å². The minimum absolute atomic E-state index is 0. The molecule has 3 aromatic heterocycles. The zero-order chi connectivity index (χ0) is 89.8. The number of aromatic nitrogens is 2. The van der Waals surface area contributed by atoms with Crippen LogP contribution in [-0.4, -0.2) is 42.6 Å². The van der Waals surface area contributed by atoms with Gasteiger partial charge in [-0.3, -0.25) is 0 Å². The maximum atomic E-state index is 10.2. The monoisotopic (exact) mass is 2120 g/mol. The topological polar surface area (TPSA) is 107 Å². The van der Waals surface area contributed by atoms with E-state index < -0.39 is 12.2 Å². The molecule has 6 nitrogen and oxygen atoms in total. The zero-order valence-corrected chi connectivity index (χ0v) is 85.9. The first-order valence-electron chi connectivity index (χ1n) is 50.8. The van der Waals surface area contributed by atoms with Gasteiger partial charge >= 0.3 is 0 Å². The van der Waals surface area contributed by atoms with Gasteiger partial charge in [-0.1, -0.05) is 378 Å². The number of hydrogen-bond donors (Lipinski definition) is 4. The van der Waals surface area contributed by atoms with Crippen molar-refractivity contribution < 1.29 is 60.6 Å². The summed E-state index contributed by atoms with van der Waals surface area (Å²) in [6.07, 6.45) is 59.1. The van der Waals surface area contributed by atoms with Crippen LogP contribution in [0.25, 0.3) is 87.5 Å². The maximum Gasteiger partial charge on any atom is 0.0908 e. The summed E-state index contributed by atoms with van der Waals surface area (Å²) in [5.74, 6) is 0.654. The average molecular weight is 2120 g/mol. The van der Waals surface area contributed by atoms with Crippen LogP contribution in [0.15, 0.2) is 230 Å². The number of thiophene rings is 1. The third-order valence-electron chi connectivity index (χ3n) is 28.2. The molecule has 0 aliphatic heterocycles. The van der Waals surface area contributed by atoms with Gasteiger partial charge in [0.1, 0.15) is 0 Å². The Labute approximate surface area is 816 Å². The van der Waals surface area contributed by atoms with E-state index in [0.717, 1.165) is 47.5 Å². The molecule has 130 heavy (non-hydrogen) atoms. The van der Waals surface area contributed by atoms with Crippen LogP contribution in [0.1, 0.15) is 369 Å². The van der Waals surface area contributed by atoms with Crippen LogP contribution in [0, 0.1) is 26.0 Å². The second-order valence-corrected chi connectivity index (χ2v) is 39.3. The van der Waals surface area contributed by atoms with Crippen LogP contribution in [0.4, 0.5) is 0 Å². The predicted molar refractivity (Wildman–Crippen MR) is 548 cm³/mol. The van der Waals surface area contributed by atoms with Gasteiger partial charge in [0.25, 0.3) is 0 Å². The first-order valence-corrected chi connectivity index (χ1v) is 51.6. The fourth-order valence-corrected chi connectivity index (χ4v) is 22.4. The molecule has 0 saturated carbocycles. The summed E-state index contributed by atoms with van der Waals surface area (Å²) in [4.78, 5) is 9.65. The molecule has 4 atom stereocenters. The molecule has 3 aliphatic carbocycles. The van der Waals surface area contributed by atoms with Crippen molar-refractivity contribution in [1.82, 2.24) is 9.97 Å². The van der Waals surface area contributed by atoms with E-state index in [0.29, 0.717) is 24.4 Å². The quantitative estimate of drug-likeness (QED) is 0.0172. The Bertz CT molecular complexity index is 4940. The molecule has 0 fully saturated rings. The molecule has 3 aliphatic rings. The van der Waals surface area contributed by atoms with Crippen LogP contribution >= 0.6 is 11.3 Å². The largest absolute Gasteiger partial charge is 0.513 e. The number of pyridine rings is 2. The van der Waals surface area contributed by atoms with E-state index in [9.17, 15) is 20.4 Å². The molecule has 11 aromatic rings. The number of aliphatic hydroxyl groups is 4. The minimum Gasteiger partial charge on any atom is -0.513 e. The molecule has 14 rings (SSSR count). The molecular formula is C121H154Ir2N2O4S-2. The Morgan fingerprint density at radius 3 is 0.962 bits per heavy atom. The fourth-order valence-electron chi connectivity index (χ4n) is 21.5. The summed E-state index contributed by atoms with van der Waals surface area (Å²) in [5.41, 5.74) is 29.5. The van der Waals surface area contributed by atoms with Crippen LogP contribution in [0.3, 0.4) is 0 Å². The number of aryl methyl sites for hydroxylation is 2. The van der Waals surface area contributed by atoms with E-state index in [1.54, 1.807) is 76.9 Å². The summed E-state index contributed by atoms with van der Waals surface area (Å²) in [7, 11) is 0. The van der Waals surface area contributed by atoms with Gasteiger partial charge in [0.15, 0.2) is 0 Å². The molecule has 2 radical (unpaired) electrons. The summed E-state index contributed by atoms with van der Waals surface area (Å²) < 4.78 is 1.26. The van der Waals surface area contributed by atoms with Gasteiger partial charge in [0.2, 0.25) is 0 Å². The molecule has 4 unspecified atom stereocenters. The molecule has 698 valence electrons. The second-order valence-electron chi connectivity index (χ2n) is 38.3. The van der Waals surface area contributed by atoms with Crippen LogP contribution < -0.4 is 0 Å². The molecular weight excluding hydrogens is 1960 g/mol. The van der Waals surface area contributed by atoms with Gasteiger partial charge in [0, 0.05) is 87.4 Å². The SMILES string of the molecule is CCCCCCCCC1(CCCCCCCC)c2cc(-c3ccc4c(c3)C(CCCCCC)(CCCCCCCCCCC(O)=CC(C)O)c3cc(C)ccc3-4)ccc2-c2ccc(-c3ccc4c(c3)C(CCCCCC)(CCCCCCCCCCC(O)=CC(C)O)c3cc(C)ccc3-4)cc21.[Ir].[Ir].[c-]1c(-c2ccccn2)sc2ccccc12.[c-]1ccccc1-c1ccccn1. The van der Waals surface area contributed by atoms with Gasteiger partial charge in [-0.25, -0.2) is 11.3 Å². The summed E-state index contributed by atoms with van der Waals surface area (Å²) in [6, 6.07) is 80.4. The van der Waals surface area contributed by atoms with Crippen LogP contribution in [0.2, 0.25) is 0 Å². The van der Waals surface area contributed by atoms with Crippen LogP contribution in [-0.2, 0) is 56.5 Å². The van der Waals surface area contributed by atoms with E-state index in [2.05, 4.69) is 191 Å². The number of benzene rings is 8. The Morgan fingerprint density at radius 2 is 0.638 bits per heavy atom. The smallest absolute Gasteiger partial charge is 0.0908 e. The third-order valence-corrected chi connectivity index (χ3v) is 29.3. The van der Waals surface area contributed by atoms with Crippen molar-refractivity contribution in [3.63, 3.8) is 0 Å². The number of unbranched alkanes of at least 4 members (excludes halogenated alkanes) is 30. The van der Waals surface area contributed by atoms with E-state index in [1.807, 2.05) is 72.9 Å². The Balaban J connectivity index is 0.000000508. The van der Waals surface area contributed by atoms with E-state index in [4.69, 9.17) is 0 Å². The first-order chi connectivity index (χ1) is 62.6. The molecule has 9 heteroatoms. The summed E-state index contributed by atoms with van der Waals surface area (Å²) in [5, 5.41) is 40.8. The van der Waals surface area contributed by atoms with E-state index in [-0.39, 0.29) is 56.5 Å². The van der Waals surface area contributed by atoms with Gasteiger partial charge in [-0.05, 0) is 232 Å². The number of nitrogens with zero attached hydrogens (tertiary/aromatic N) is 2. The summed E-state index contributed by atoms with van der Waals surface area (Å²) in [6.45, 7) is 17.4. The Morgan fingerprint density at radius 1 is 0.338 bits per heavy atom. The molecule has 0 bridgehead atoms. The van der Waals surface area contributed by atoms with Gasteiger partial charge in [-0.15, -0.1) is 59.5 Å². The third kappa shape index (κ3) is 28.5. The number of rotatable bonds is 52.